The highest BCUT2D eigenvalue weighted by molar-refractivity contribution is 7.99. The van der Waals surface area contributed by atoms with Crippen molar-refractivity contribution in [3.63, 3.8) is 0 Å². The molecule has 0 radical (unpaired) electrons. The zero-order chi connectivity index (χ0) is 23.4. The fraction of sp³-hybridized carbons (Fsp3) is 0.160. The first-order chi connectivity index (χ1) is 16.0. The van der Waals surface area contributed by atoms with E-state index in [2.05, 4.69) is 22.4 Å². The standard InChI is InChI=1S/C25H22Cl2N4OS/c1-3-17-6-4-5-16(2)23(17)28-22(32)15-33-25-30-29-24(18-7-9-19(26)10-8-18)31(25)21-13-11-20(27)12-14-21/h4-14H,3,15H2,1-2H3,(H,28,32). The van der Waals surface area contributed by atoms with Crippen LogP contribution in [0.3, 0.4) is 0 Å². The molecule has 0 saturated carbocycles. The molecule has 0 saturated heterocycles. The van der Waals surface area contributed by atoms with Crippen molar-refractivity contribution in [3.05, 3.63) is 87.9 Å². The van der Waals surface area contributed by atoms with Crippen LogP contribution >= 0.6 is 35.0 Å². The molecule has 4 rings (SSSR count). The van der Waals surface area contributed by atoms with Crippen molar-refractivity contribution in [2.45, 2.75) is 25.4 Å². The van der Waals surface area contributed by atoms with Crippen LogP contribution in [0, 0.1) is 6.92 Å². The summed E-state index contributed by atoms with van der Waals surface area (Å²) in [5.41, 5.74) is 4.76. The Balaban J connectivity index is 1.61. The SMILES string of the molecule is CCc1cccc(C)c1NC(=O)CSc1nnc(-c2ccc(Cl)cc2)n1-c1ccc(Cl)cc1. The Hall–Kier alpha value is -2.80. The number of para-hydroxylation sites is 1. The van der Waals surface area contributed by atoms with Gasteiger partial charge in [0.15, 0.2) is 11.0 Å². The third kappa shape index (κ3) is 5.41. The monoisotopic (exact) mass is 496 g/mol. The average Bonchev–Trinajstić information content (AvgIpc) is 3.24. The largest absolute Gasteiger partial charge is 0.325 e. The van der Waals surface area contributed by atoms with Crippen LogP contribution in [0.15, 0.2) is 71.9 Å². The van der Waals surface area contributed by atoms with Gasteiger partial charge in [-0.1, -0.05) is 60.1 Å². The molecule has 8 heteroatoms. The topological polar surface area (TPSA) is 59.8 Å². The first-order valence-electron chi connectivity index (χ1n) is 10.4. The molecule has 0 atom stereocenters. The summed E-state index contributed by atoms with van der Waals surface area (Å²) in [7, 11) is 0. The van der Waals surface area contributed by atoms with E-state index >= 15 is 0 Å². The van der Waals surface area contributed by atoms with Gasteiger partial charge in [0, 0.05) is 27.0 Å². The number of nitrogens with zero attached hydrogens (tertiary/aromatic N) is 3. The summed E-state index contributed by atoms with van der Waals surface area (Å²) in [6, 6.07) is 20.9. The lowest BCUT2D eigenvalue weighted by atomic mass is 10.1. The Morgan fingerprint density at radius 1 is 0.970 bits per heavy atom. The van der Waals surface area contributed by atoms with E-state index in [1.807, 2.05) is 78.2 Å². The minimum absolute atomic E-state index is 0.0947. The third-order valence-electron chi connectivity index (χ3n) is 5.16. The molecule has 0 spiro atoms. The van der Waals surface area contributed by atoms with Crippen LogP contribution in [0.2, 0.25) is 10.0 Å². The summed E-state index contributed by atoms with van der Waals surface area (Å²) in [6.45, 7) is 4.07. The lowest BCUT2D eigenvalue weighted by Crippen LogP contribution is -2.16. The number of rotatable bonds is 7. The molecule has 0 unspecified atom stereocenters. The number of halogens is 2. The summed E-state index contributed by atoms with van der Waals surface area (Å²) >= 11 is 13.5. The number of nitrogens with one attached hydrogen (secondary N) is 1. The molecule has 0 aliphatic rings. The molecule has 33 heavy (non-hydrogen) atoms. The van der Waals surface area contributed by atoms with Gasteiger partial charge in [-0.3, -0.25) is 9.36 Å². The maximum atomic E-state index is 12.8. The van der Waals surface area contributed by atoms with Crippen LogP contribution in [0.1, 0.15) is 18.1 Å². The number of aryl methyl sites for hydroxylation is 2. The molecule has 168 valence electrons. The van der Waals surface area contributed by atoms with E-state index in [-0.39, 0.29) is 11.7 Å². The van der Waals surface area contributed by atoms with Crippen molar-refractivity contribution >= 4 is 46.6 Å². The number of hydrogen-bond donors (Lipinski definition) is 1. The number of benzene rings is 3. The summed E-state index contributed by atoms with van der Waals surface area (Å²) in [4.78, 5) is 12.8. The van der Waals surface area contributed by atoms with Gasteiger partial charge in [-0.25, -0.2) is 0 Å². The maximum Gasteiger partial charge on any atom is 0.234 e. The smallest absolute Gasteiger partial charge is 0.234 e. The molecule has 0 fully saturated rings. The molecular formula is C25H22Cl2N4OS. The number of hydrogen-bond acceptors (Lipinski definition) is 4. The second-order valence-corrected chi connectivity index (χ2v) is 9.24. The summed E-state index contributed by atoms with van der Waals surface area (Å²) < 4.78 is 1.92. The highest BCUT2D eigenvalue weighted by atomic mass is 35.5. The lowest BCUT2D eigenvalue weighted by Gasteiger charge is -2.13. The van der Waals surface area contributed by atoms with Gasteiger partial charge in [-0.2, -0.15) is 0 Å². The maximum absolute atomic E-state index is 12.8. The summed E-state index contributed by atoms with van der Waals surface area (Å²) in [5, 5.41) is 13.7. The number of thioether (sulfide) groups is 1. The van der Waals surface area contributed by atoms with E-state index in [0.717, 1.165) is 34.5 Å². The highest BCUT2D eigenvalue weighted by Crippen LogP contribution is 2.30. The van der Waals surface area contributed by atoms with E-state index in [0.29, 0.717) is 21.0 Å². The van der Waals surface area contributed by atoms with E-state index in [1.54, 1.807) is 0 Å². The molecule has 4 aromatic rings. The molecular weight excluding hydrogens is 475 g/mol. The van der Waals surface area contributed by atoms with Crippen molar-refractivity contribution in [1.29, 1.82) is 0 Å². The van der Waals surface area contributed by atoms with Crippen LogP contribution in [0.25, 0.3) is 17.1 Å². The van der Waals surface area contributed by atoms with Gasteiger partial charge >= 0.3 is 0 Å². The Kier molecular flexibility index (Phi) is 7.38. The fourth-order valence-electron chi connectivity index (χ4n) is 3.48. The summed E-state index contributed by atoms with van der Waals surface area (Å²) in [5.74, 6) is 0.760. The average molecular weight is 497 g/mol. The van der Waals surface area contributed by atoms with E-state index in [4.69, 9.17) is 23.2 Å². The van der Waals surface area contributed by atoms with Gasteiger partial charge in [0.05, 0.1) is 5.75 Å². The van der Waals surface area contributed by atoms with Crippen LogP contribution in [-0.4, -0.2) is 26.4 Å². The molecule has 1 heterocycles. The van der Waals surface area contributed by atoms with Crippen molar-refractivity contribution in [2.75, 3.05) is 11.1 Å². The van der Waals surface area contributed by atoms with E-state index < -0.39 is 0 Å². The molecule has 0 aliphatic carbocycles. The van der Waals surface area contributed by atoms with Crippen molar-refractivity contribution in [3.8, 4) is 17.1 Å². The fourth-order valence-corrected chi connectivity index (χ4v) is 4.48. The van der Waals surface area contributed by atoms with Crippen molar-refractivity contribution in [1.82, 2.24) is 14.8 Å². The van der Waals surface area contributed by atoms with Crippen LogP contribution < -0.4 is 5.32 Å². The first kappa shape index (κ1) is 23.4. The molecule has 3 aromatic carbocycles. The second-order valence-electron chi connectivity index (χ2n) is 7.42. The van der Waals surface area contributed by atoms with Crippen LogP contribution in [0.4, 0.5) is 5.69 Å². The van der Waals surface area contributed by atoms with Gasteiger partial charge in [-0.15, -0.1) is 10.2 Å². The molecule has 0 aliphatic heterocycles. The Morgan fingerprint density at radius 2 is 1.64 bits per heavy atom. The minimum Gasteiger partial charge on any atom is -0.325 e. The Bertz CT molecular complexity index is 1270. The van der Waals surface area contributed by atoms with E-state index in [1.165, 1.54) is 11.8 Å². The number of carbonyl (C=O) groups is 1. The van der Waals surface area contributed by atoms with Gasteiger partial charge in [0.1, 0.15) is 0 Å². The minimum atomic E-state index is -0.0947. The van der Waals surface area contributed by atoms with Gasteiger partial charge in [0.2, 0.25) is 5.91 Å². The molecule has 5 nitrogen and oxygen atoms in total. The van der Waals surface area contributed by atoms with Crippen LogP contribution in [-0.2, 0) is 11.2 Å². The number of carbonyl (C=O) groups excluding carboxylic acids is 1. The van der Waals surface area contributed by atoms with Crippen LogP contribution in [0.5, 0.6) is 0 Å². The van der Waals surface area contributed by atoms with Gasteiger partial charge < -0.3 is 5.32 Å². The Morgan fingerprint density at radius 3 is 2.30 bits per heavy atom. The van der Waals surface area contributed by atoms with Crippen molar-refractivity contribution in [2.24, 2.45) is 0 Å². The lowest BCUT2D eigenvalue weighted by molar-refractivity contribution is -0.113. The predicted octanol–water partition coefficient (Wildman–Crippen LogP) is 6.84. The highest BCUT2D eigenvalue weighted by Gasteiger charge is 2.18. The predicted molar refractivity (Wildman–Crippen MR) is 137 cm³/mol. The van der Waals surface area contributed by atoms with Gasteiger partial charge in [-0.05, 0) is 73.0 Å². The molecule has 0 bridgehead atoms. The van der Waals surface area contributed by atoms with Crippen molar-refractivity contribution < 1.29 is 4.79 Å². The second kappa shape index (κ2) is 10.4. The molecule has 1 aromatic heterocycles. The zero-order valence-corrected chi connectivity index (χ0v) is 20.5. The molecule has 1 N–H and O–H groups in total. The summed E-state index contributed by atoms with van der Waals surface area (Å²) in [6.07, 6.45) is 0.847. The third-order valence-corrected chi connectivity index (χ3v) is 6.59. The first-order valence-corrected chi connectivity index (χ1v) is 12.2. The number of anilines is 1. The number of amides is 1. The van der Waals surface area contributed by atoms with E-state index in [9.17, 15) is 4.79 Å². The Labute approximate surface area is 207 Å². The molecule has 1 amide bonds. The normalized spacial score (nSPS) is 10.9. The number of aromatic nitrogens is 3. The zero-order valence-electron chi connectivity index (χ0n) is 18.2. The van der Waals surface area contributed by atoms with Gasteiger partial charge in [0.25, 0.3) is 0 Å². The quantitative estimate of drug-likeness (QED) is 0.284.